The molecule has 2 aromatic rings. The van der Waals surface area contributed by atoms with Crippen LogP contribution in [-0.2, 0) is 14.3 Å². The summed E-state index contributed by atoms with van der Waals surface area (Å²) in [6, 6.07) is 8.87. The molecule has 0 fully saturated rings. The van der Waals surface area contributed by atoms with Crippen LogP contribution >= 0.6 is 11.8 Å². The first-order valence-electron chi connectivity index (χ1n) is 8.41. The Morgan fingerprint density at radius 1 is 1.11 bits per heavy atom. The maximum absolute atomic E-state index is 13.6. The second-order valence-corrected chi connectivity index (χ2v) is 7.26. The van der Waals surface area contributed by atoms with Gasteiger partial charge in [0, 0.05) is 16.7 Å². The highest BCUT2D eigenvalue weighted by Crippen LogP contribution is 2.22. The molecule has 1 N–H and O–H groups in total. The number of amides is 1. The minimum atomic E-state index is -1.09. The van der Waals surface area contributed by atoms with E-state index in [0.717, 1.165) is 17.0 Å². The normalized spacial score (nSPS) is 11.7. The number of ether oxygens (including phenoxy) is 1. The molecule has 7 heteroatoms. The average molecular weight is 393 g/mol. The van der Waals surface area contributed by atoms with Crippen molar-refractivity contribution in [1.29, 1.82) is 0 Å². The average Bonchev–Trinajstić information content (AvgIpc) is 2.60. The van der Waals surface area contributed by atoms with Gasteiger partial charge in [-0.15, -0.1) is 11.8 Å². The van der Waals surface area contributed by atoms with Crippen molar-refractivity contribution in [3.05, 3.63) is 59.2 Å². The highest BCUT2D eigenvalue weighted by molar-refractivity contribution is 7.99. The Hall–Kier alpha value is -2.41. The van der Waals surface area contributed by atoms with E-state index >= 15 is 0 Å². The molecule has 0 radical (unpaired) electrons. The Bertz CT molecular complexity index is 842. The molecule has 4 nitrogen and oxygen atoms in total. The quantitative estimate of drug-likeness (QED) is 0.550. The fraction of sp³-hybridized carbons (Fsp3) is 0.300. The molecule has 0 bridgehead atoms. The lowest BCUT2D eigenvalue weighted by molar-refractivity contribution is -0.152. The molecule has 0 saturated heterocycles. The summed E-state index contributed by atoms with van der Waals surface area (Å²) in [7, 11) is 0. The zero-order chi connectivity index (χ0) is 20.0. The number of aryl methyl sites for hydroxylation is 2. The summed E-state index contributed by atoms with van der Waals surface area (Å²) >= 11 is 1.53. The van der Waals surface area contributed by atoms with Crippen molar-refractivity contribution in [3.8, 4) is 0 Å². The summed E-state index contributed by atoms with van der Waals surface area (Å²) in [4.78, 5) is 24.9. The molecule has 0 spiro atoms. The standard InChI is InChI=1S/C20H21F2NO3S/c1-12-4-6-16(10-13(12)2)27-9-8-19(24)26-14(3)20(25)23-18-7-5-15(21)11-17(18)22/h4-7,10-11,14H,8-9H2,1-3H3,(H,23,25)/t14-/m0/s1. The molecule has 0 aromatic heterocycles. The van der Waals surface area contributed by atoms with Gasteiger partial charge < -0.3 is 10.1 Å². The van der Waals surface area contributed by atoms with Gasteiger partial charge in [0.25, 0.3) is 5.91 Å². The predicted molar refractivity (Wildman–Crippen MR) is 102 cm³/mol. The van der Waals surface area contributed by atoms with E-state index in [2.05, 4.69) is 11.4 Å². The van der Waals surface area contributed by atoms with Gasteiger partial charge in [-0.1, -0.05) is 6.07 Å². The Labute approximate surface area is 161 Å². The largest absolute Gasteiger partial charge is 0.453 e. The Morgan fingerprint density at radius 3 is 2.52 bits per heavy atom. The Kier molecular flexibility index (Phi) is 7.36. The number of hydrogen-bond donors (Lipinski definition) is 1. The Morgan fingerprint density at radius 2 is 1.85 bits per heavy atom. The maximum Gasteiger partial charge on any atom is 0.307 e. The smallest absolute Gasteiger partial charge is 0.307 e. The topological polar surface area (TPSA) is 55.4 Å². The van der Waals surface area contributed by atoms with Crippen LogP contribution in [0, 0.1) is 25.5 Å². The van der Waals surface area contributed by atoms with Crippen LogP contribution in [0.5, 0.6) is 0 Å². The van der Waals surface area contributed by atoms with Crippen LogP contribution in [0.1, 0.15) is 24.5 Å². The van der Waals surface area contributed by atoms with Gasteiger partial charge >= 0.3 is 5.97 Å². The molecular weight excluding hydrogens is 372 g/mol. The third-order valence-electron chi connectivity index (χ3n) is 3.92. The Balaban J connectivity index is 1.78. The number of thioether (sulfide) groups is 1. The number of esters is 1. The van der Waals surface area contributed by atoms with Gasteiger partial charge in [0.05, 0.1) is 12.1 Å². The number of hydrogen-bond acceptors (Lipinski definition) is 4. The first-order chi connectivity index (χ1) is 12.8. The molecule has 0 unspecified atom stereocenters. The van der Waals surface area contributed by atoms with Gasteiger partial charge in [0.2, 0.25) is 0 Å². The third kappa shape index (κ3) is 6.36. The summed E-state index contributed by atoms with van der Waals surface area (Å²) in [6.45, 7) is 5.45. The molecule has 2 aromatic carbocycles. The highest BCUT2D eigenvalue weighted by Gasteiger charge is 2.19. The van der Waals surface area contributed by atoms with Crippen LogP contribution in [0.3, 0.4) is 0 Å². The van der Waals surface area contributed by atoms with E-state index in [-0.39, 0.29) is 12.1 Å². The number of benzene rings is 2. The summed E-state index contributed by atoms with van der Waals surface area (Å²) in [5.74, 6) is -2.33. The molecule has 0 heterocycles. The number of carbonyl (C=O) groups is 2. The first kappa shape index (κ1) is 20.9. The minimum Gasteiger partial charge on any atom is -0.453 e. The van der Waals surface area contributed by atoms with Crippen molar-refractivity contribution >= 4 is 29.3 Å². The van der Waals surface area contributed by atoms with Gasteiger partial charge in [-0.25, -0.2) is 8.78 Å². The van der Waals surface area contributed by atoms with Gasteiger partial charge in [0.15, 0.2) is 6.10 Å². The summed E-state index contributed by atoms with van der Waals surface area (Å²) in [6.07, 6.45) is -0.950. The highest BCUT2D eigenvalue weighted by atomic mass is 32.2. The summed E-state index contributed by atoms with van der Waals surface area (Å²) < 4.78 is 31.5. The van der Waals surface area contributed by atoms with Crippen molar-refractivity contribution in [2.24, 2.45) is 0 Å². The van der Waals surface area contributed by atoms with Gasteiger partial charge in [0.1, 0.15) is 11.6 Å². The van der Waals surface area contributed by atoms with E-state index in [1.54, 1.807) is 0 Å². The van der Waals surface area contributed by atoms with E-state index in [4.69, 9.17) is 4.74 Å². The molecule has 0 saturated carbocycles. The van der Waals surface area contributed by atoms with Gasteiger partial charge in [-0.2, -0.15) is 0 Å². The number of carbonyl (C=O) groups excluding carboxylic acids is 2. The number of anilines is 1. The molecule has 2 rings (SSSR count). The van der Waals surface area contributed by atoms with E-state index in [1.165, 1.54) is 29.8 Å². The van der Waals surface area contributed by atoms with Crippen molar-refractivity contribution in [3.63, 3.8) is 0 Å². The van der Waals surface area contributed by atoms with E-state index in [1.807, 2.05) is 26.0 Å². The molecule has 1 amide bonds. The van der Waals surface area contributed by atoms with E-state index in [0.29, 0.717) is 11.8 Å². The first-order valence-corrected chi connectivity index (χ1v) is 9.40. The third-order valence-corrected chi connectivity index (χ3v) is 4.92. The molecule has 144 valence electrons. The monoisotopic (exact) mass is 393 g/mol. The molecule has 0 aliphatic rings. The van der Waals surface area contributed by atoms with Crippen LogP contribution in [0.4, 0.5) is 14.5 Å². The molecular formula is C20H21F2NO3S. The van der Waals surface area contributed by atoms with E-state index in [9.17, 15) is 18.4 Å². The maximum atomic E-state index is 13.6. The van der Waals surface area contributed by atoms with Crippen LogP contribution in [-0.4, -0.2) is 23.7 Å². The predicted octanol–water partition coefficient (Wildman–Crippen LogP) is 4.63. The zero-order valence-corrected chi connectivity index (χ0v) is 16.2. The molecule has 27 heavy (non-hydrogen) atoms. The van der Waals surface area contributed by atoms with Gasteiger partial charge in [-0.05, 0) is 56.2 Å². The lowest BCUT2D eigenvalue weighted by atomic mass is 10.1. The SMILES string of the molecule is Cc1ccc(SCCC(=O)O[C@@H](C)C(=O)Nc2ccc(F)cc2F)cc1C. The van der Waals surface area contributed by atoms with Crippen molar-refractivity contribution in [2.45, 2.75) is 38.2 Å². The number of rotatable bonds is 7. The van der Waals surface area contributed by atoms with Crippen LogP contribution < -0.4 is 5.32 Å². The fourth-order valence-electron chi connectivity index (χ4n) is 2.19. The summed E-state index contributed by atoms with van der Waals surface area (Å²) in [5, 5.41) is 2.27. The van der Waals surface area contributed by atoms with Gasteiger partial charge in [-0.3, -0.25) is 9.59 Å². The fourth-order valence-corrected chi connectivity index (χ4v) is 3.12. The number of nitrogens with one attached hydrogen (secondary N) is 1. The number of halogens is 2. The van der Waals surface area contributed by atoms with Crippen molar-refractivity contribution in [2.75, 3.05) is 11.1 Å². The molecule has 0 aliphatic carbocycles. The second kappa shape index (κ2) is 9.50. The minimum absolute atomic E-state index is 0.139. The van der Waals surface area contributed by atoms with Crippen LogP contribution in [0.15, 0.2) is 41.3 Å². The zero-order valence-electron chi connectivity index (χ0n) is 15.3. The molecule has 1 atom stereocenters. The second-order valence-electron chi connectivity index (χ2n) is 6.09. The molecule has 0 aliphatic heterocycles. The van der Waals surface area contributed by atoms with Crippen molar-refractivity contribution < 1.29 is 23.1 Å². The van der Waals surface area contributed by atoms with Crippen LogP contribution in [0.25, 0.3) is 0 Å². The van der Waals surface area contributed by atoms with E-state index < -0.39 is 29.6 Å². The van der Waals surface area contributed by atoms with Crippen LogP contribution in [0.2, 0.25) is 0 Å². The lowest BCUT2D eigenvalue weighted by Crippen LogP contribution is -2.30. The summed E-state index contributed by atoms with van der Waals surface area (Å²) in [5.41, 5.74) is 2.21. The van der Waals surface area contributed by atoms with Crippen molar-refractivity contribution in [1.82, 2.24) is 0 Å². The lowest BCUT2D eigenvalue weighted by Gasteiger charge is -2.14.